The molecule has 1 N–H and O–H groups in total. The maximum Gasteiger partial charge on any atom is 0.161 e. The van der Waals surface area contributed by atoms with Crippen molar-refractivity contribution in [1.29, 1.82) is 0 Å². The van der Waals surface area contributed by atoms with Gasteiger partial charge >= 0.3 is 0 Å². The number of hydrogen-bond donors (Lipinski definition) is 1. The highest BCUT2D eigenvalue weighted by atomic mass is 32.1. The second kappa shape index (κ2) is 6.29. The number of ether oxygens (including phenoxy) is 2. The lowest BCUT2D eigenvalue weighted by Crippen LogP contribution is -2.19. The molecule has 2 heterocycles. The molecule has 0 fully saturated rings. The van der Waals surface area contributed by atoms with Crippen LogP contribution in [0.5, 0.6) is 11.5 Å². The van der Waals surface area contributed by atoms with Crippen molar-refractivity contribution < 1.29 is 9.47 Å². The Bertz CT molecular complexity index is 554. The zero-order chi connectivity index (χ0) is 13.8. The summed E-state index contributed by atoms with van der Waals surface area (Å²) in [5.41, 5.74) is 1.26. The second-order valence-corrected chi connectivity index (χ2v) is 5.89. The summed E-state index contributed by atoms with van der Waals surface area (Å²) >= 11 is 1.82. The standard InChI is InChI=1S/C16H19NO2S/c1-17-14(6-5-13-3-2-10-20-13)12-4-7-15-16(11-12)19-9-8-18-15/h2-4,7,10-11,14,17H,5-6,8-9H2,1H3. The Labute approximate surface area is 123 Å². The third kappa shape index (κ3) is 2.97. The van der Waals surface area contributed by atoms with Gasteiger partial charge in [0.2, 0.25) is 0 Å². The Morgan fingerprint density at radius 3 is 2.80 bits per heavy atom. The van der Waals surface area contributed by atoms with Crippen molar-refractivity contribution in [1.82, 2.24) is 5.32 Å². The van der Waals surface area contributed by atoms with Gasteiger partial charge in [0, 0.05) is 10.9 Å². The number of rotatable bonds is 5. The minimum Gasteiger partial charge on any atom is -0.486 e. The van der Waals surface area contributed by atoms with Gasteiger partial charge in [0.05, 0.1) is 0 Å². The van der Waals surface area contributed by atoms with Crippen LogP contribution in [0.3, 0.4) is 0 Å². The van der Waals surface area contributed by atoms with Crippen molar-refractivity contribution in [2.45, 2.75) is 18.9 Å². The molecule has 2 aromatic rings. The number of nitrogens with one attached hydrogen (secondary N) is 1. The van der Waals surface area contributed by atoms with Crippen LogP contribution >= 0.6 is 11.3 Å². The third-order valence-electron chi connectivity index (χ3n) is 3.58. The first kappa shape index (κ1) is 13.5. The number of aryl methyl sites for hydroxylation is 1. The molecule has 1 unspecified atom stereocenters. The number of benzene rings is 1. The second-order valence-electron chi connectivity index (χ2n) is 4.86. The maximum atomic E-state index is 5.66. The van der Waals surface area contributed by atoms with Crippen molar-refractivity contribution in [3.63, 3.8) is 0 Å². The zero-order valence-electron chi connectivity index (χ0n) is 11.6. The van der Waals surface area contributed by atoms with Gasteiger partial charge in [-0.05, 0) is 49.0 Å². The molecule has 0 amide bonds. The SMILES string of the molecule is CNC(CCc1cccs1)c1ccc2c(c1)OCCO2. The molecule has 0 saturated carbocycles. The minimum absolute atomic E-state index is 0.341. The van der Waals surface area contributed by atoms with Crippen LogP contribution < -0.4 is 14.8 Å². The van der Waals surface area contributed by atoms with Gasteiger partial charge in [-0.1, -0.05) is 12.1 Å². The van der Waals surface area contributed by atoms with E-state index >= 15 is 0 Å². The molecule has 0 radical (unpaired) electrons. The van der Waals surface area contributed by atoms with Gasteiger partial charge in [0.1, 0.15) is 13.2 Å². The Balaban J connectivity index is 1.71. The quantitative estimate of drug-likeness (QED) is 0.915. The fraction of sp³-hybridized carbons (Fsp3) is 0.375. The van der Waals surface area contributed by atoms with E-state index in [2.05, 4.69) is 35.0 Å². The highest BCUT2D eigenvalue weighted by Crippen LogP contribution is 2.33. The van der Waals surface area contributed by atoms with Gasteiger partial charge in [-0.25, -0.2) is 0 Å². The van der Waals surface area contributed by atoms with Crippen molar-refractivity contribution in [3.8, 4) is 11.5 Å². The molecule has 106 valence electrons. The topological polar surface area (TPSA) is 30.5 Å². The highest BCUT2D eigenvalue weighted by molar-refractivity contribution is 7.09. The molecule has 1 atom stereocenters. The molecule has 20 heavy (non-hydrogen) atoms. The Hall–Kier alpha value is -1.52. The van der Waals surface area contributed by atoms with Crippen molar-refractivity contribution in [2.24, 2.45) is 0 Å². The number of thiophene rings is 1. The first-order valence-corrected chi connectivity index (χ1v) is 7.84. The molecule has 1 aromatic carbocycles. The monoisotopic (exact) mass is 289 g/mol. The summed E-state index contributed by atoms with van der Waals surface area (Å²) in [5, 5.41) is 5.53. The van der Waals surface area contributed by atoms with E-state index in [1.807, 2.05) is 24.5 Å². The maximum absolute atomic E-state index is 5.66. The van der Waals surface area contributed by atoms with Crippen molar-refractivity contribution in [3.05, 3.63) is 46.2 Å². The Morgan fingerprint density at radius 1 is 1.20 bits per heavy atom. The van der Waals surface area contributed by atoms with E-state index in [0.717, 1.165) is 24.3 Å². The molecule has 3 rings (SSSR count). The van der Waals surface area contributed by atoms with Crippen LogP contribution in [0.25, 0.3) is 0 Å². The lowest BCUT2D eigenvalue weighted by molar-refractivity contribution is 0.171. The lowest BCUT2D eigenvalue weighted by atomic mass is 10.0. The zero-order valence-corrected chi connectivity index (χ0v) is 12.4. The third-order valence-corrected chi connectivity index (χ3v) is 4.51. The molecule has 0 aliphatic carbocycles. The number of fused-ring (bicyclic) bond motifs is 1. The van der Waals surface area contributed by atoms with E-state index < -0.39 is 0 Å². The normalized spacial score (nSPS) is 15.1. The predicted molar refractivity (Wildman–Crippen MR) is 81.9 cm³/mol. The molecular formula is C16H19NO2S. The smallest absolute Gasteiger partial charge is 0.161 e. The van der Waals surface area contributed by atoms with E-state index in [0.29, 0.717) is 19.3 Å². The summed E-state index contributed by atoms with van der Waals surface area (Å²) in [4.78, 5) is 1.43. The van der Waals surface area contributed by atoms with E-state index in [1.165, 1.54) is 10.4 Å². The van der Waals surface area contributed by atoms with Crippen molar-refractivity contribution in [2.75, 3.05) is 20.3 Å². The predicted octanol–water partition coefficient (Wildman–Crippen LogP) is 3.41. The number of hydrogen-bond acceptors (Lipinski definition) is 4. The summed E-state index contributed by atoms with van der Waals surface area (Å²) < 4.78 is 11.2. The summed E-state index contributed by atoms with van der Waals surface area (Å²) in [7, 11) is 2.01. The average Bonchev–Trinajstić information content (AvgIpc) is 3.01. The molecule has 4 heteroatoms. The fourth-order valence-corrected chi connectivity index (χ4v) is 3.22. The van der Waals surface area contributed by atoms with Crippen LogP contribution in [0.4, 0.5) is 0 Å². The summed E-state index contributed by atoms with van der Waals surface area (Å²) in [5.74, 6) is 1.72. The van der Waals surface area contributed by atoms with E-state index in [1.54, 1.807) is 0 Å². The molecule has 0 saturated heterocycles. The molecule has 0 bridgehead atoms. The molecule has 1 aliphatic rings. The van der Waals surface area contributed by atoms with Crippen LogP contribution in [0.2, 0.25) is 0 Å². The largest absolute Gasteiger partial charge is 0.486 e. The van der Waals surface area contributed by atoms with Gasteiger partial charge in [0.15, 0.2) is 11.5 Å². The first-order chi connectivity index (χ1) is 9.86. The van der Waals surface area contributed by atoms with Gasteiger partial charge in [-0.2, -0.15) is 0 Å². The average molecular weight is 289 g/mol. The summed E-state index contributed by atoms with van der Waals surface area (Å²) in [6.07, 6.45) is 2.17. The van der Waals surface area contributed by atoms with Gasteiger partial charge in [0.25, 0.3) is 0 Å². The molecule has 3 nitrogen and oxygen atoms in total. The highest BCUT2D eigenvalue weighted by Gasteiger charge is 2.16. The van der Waals surface area contributed by atoms with Crippen LogP contribution in [0.15, 0.2) is 35.7 Å². The molecule has 0 spiro atoms. The molecular weight excluding hydrogens is 270 g/mol. The van der Waals surface area contributed by atoms with Gasteiger partial charge in [-0.3, -0.25) is 0 Å². The van der Waals surface area contributed by atoms with Crippen LogP contribution in [-0.2, 0) is 6.42 Å². The van der Waals surface area contributed by atoms with Crippen LogP contribution in [-0.4, -0.2) is 20.3 Å². The van der Waals surface area contributed by atoms with E-state index in [9.17, 15) is 0 Å². The van der Waals surface area contributed by atoms with Crippen LogP contribution in [0, 0.1) is 0 Å². The minimum atomic E-state index is 0.341. The summed E-state index contributed by atoms with van der Waals surface area (Å²) in [6, 6.07) is 10.9. The molecule has 1 aliphatic heterocycles. The molecule has 1 aromatic heterocycles. The first-order valence-electron chi connectivity index (χ1n) is 6.96. The van der Waals surface area contributed by atoms with Crippen LogP contribution in [0.1, 0.15) is 22.9 Å². The van der Waals surface area contributed by atoms with E-state index in [4.69, 9.17) is 9.47 Å². The summed E-state index contributed by atoms with van der Waals surface area (Å²) in [6.45, 7) is 1.27. The van der Waals surface area contributed by atoms with Gasteiger partial charge in [-0.15, -0.1) is 11.3 Å². The van der Waals surface area contributed by atoms with Gasteiger partial charge < -0.3 is 14.8 Å². The lowest BCUT2D eigenvalue weighted by Gasteiger charge is -2.22. The Morgan fingerprint density at radius 2 is 2.05 bits per heavy atom. The Kier molecular flexibility index (Phi) is 4.23. The van der Waals surface area contributed by atoms with Crippen molar-refractivity contribution >= 4 is 11.3 Å². The van der Waals surface area contributed by atoms with E-state index in [-0.39, 0.29) is 0 Å². The fourth-order valence-electron chi connectivity index (χ4n) is 2.50.